The summed E-state index contributed by atoms with van der Waals surface area (Å²) in [5, 5.41) is 11.4. The van der Waals surface area contributed by atoms with Gasteiger partial charge >= 0.3 is 0 Å². The number of benzene rings is 1. The van der Waals surface area contributed by atoms with Crippen LogP contribution in [0.25, 0.3) is 5.57 Å². The Morgan fingerprint density at radius 3 is 2.53 bits per heavy atom. The van der Waals surface area contributed by atoms with Crippen LogP contribution in [0.4, 0.5) is 0 Å². The monoisotopic (exact) mass is 203 g/mol. The van der Waals surface area contributed by atoms with Crippen molar-refractivity contribution in [3.05, 3.63) is 35.4 Å². The van der Waals surface area contributed by atoms with Crippen molar-refractivity contribution < 1.29 is 14.7 Å². The van der Waals surface area contributed by atoms with Gasteiger partial charge in [0, 0.05) is 6.08 Å². The van der Waals surface area contributed by atoms with Crippen LogP contribution in [-0.2, 0) is 9.59 Å². The van der Waals surface area contributed by atoms with Gasteiger partial charge in [0.1, 0.15) is 5.75 Å². The van der Waals surface area contributed by atoms with Gasteiger partial charge in [-0.05, 0) is 30.2 Å². The fraction of sp³-hybridized carbons (Fsp3) is 0.0909. The van der Waals surface area contributed by atoms with Gasteiger partial charge < -0.3 is 5.11 Å². The molecule has 0 aliphatic carbocycles. The van der Waals surface area contributed by atoms with Crippen LogP contribution in [-0.4, -0.2) is 16.9 Å². The highest BCUT2D eigenvalue weighted by molar-refractivity contribution is 6.33. The molecule has 0 saturated carbocycles. The Balaban J connectivity index is 2.51. The molecule has 0 atom stereocenters. The van der Waals surface area contributed by atoms with E-state index in [1.807, 2.05) is 0 Å². The van der Waals surface area contributed by atoms with Crippen molar-refractivity contribution in [3.8, 4) is 5.75 Å². The SMILES string of the molecule is Cc1cc(O)ccc1C1=CC(=O)NC1=O. The van der Waals surface area contributed by atoms with E-state index in [1.54, 1.807) is 19.1 Å². The van der Waals surface area contributed by atoms with E-state index < -0.39 is 11.8 Å². The second-order valence-corrected chi connectivity index (χ2v) is 3.38. The lowest BCUT2D eigenvalue weighted by Crippen LogP contribution is -2.21. The van der Waals surface area contributed by atoms with Crippen LogP contribution < -0.4 is 5.32 Å². The number of phenolic OH excluding ortho intramolecular Hbond substituents is 1. The first kappa shape index (κ1) is 9.45. The Morgan fingerprint density at radius 2 is 2.00 bits per heavy atom. The number of aryl methyl sites for hydroxylation is 1. The van der Waals surface area contributed by atoms with Crippen molar-refractivity contribution in [1.82, 2.24) is 5.32 Å². The summed E-state index contributed by atoms with van der Waals surface area (Å²) in [6.45, 7) is 1.77. The molecular formula is C11H9NO3. The van der Waals surface area contributed by atoms with Gasteiger partial charge in [0.2, 0.25) is 0 Å². The van der Waals surface area contributed by atoms with E-state index in [4.69, 9.17) is 0 Å². The normalized spacial score (nSPS) is 15.1. The highest BCUT2D eigenvalue weighted by Crippen LogP contribution is 2.24. The molecule has 4 nitrogen and oxygen atoms in total. The van der Waals surface area contributed by atoms with Gasteiger partial charge in [-0.1, -0.05) is 6.07 Å². The molecular weight excluding hydrogens is 194 g/mol. The summed E-state index contributed by atoms with van der Waals surface area (Å²) < 4.78 is 0. The van der Waals surface area contributed by atoms with E-state index in [1.165, 1.54) is 12.1 Å². The smallest absolute Gasteiger partial charge is 0.258 e. The number of rotatable bonds is 1. The van der Waals surface area contributed by atoms with Crippen molar-refractivity contribution >= 4 is 17.4 Å². The summed E-state index contributed by atoms with van der Waals surface area (Å²) in [7, 11) is 0. The zero-order valence-corrected chi connectivity index (χ0v) is 8.07. The molecule has 2 amide bonds. The lowest BCUT2D eigenvalue weighted by Gasteiger charge is -2.05. The minimum atomic E-state index is -0.400. The molecule has 0 bridgehead atoms. The Labute approximate surface area is 86.2 Å². The van der Waals surface area contributed by atoms with Crippen molar-refractivity contribution in [2.75, 3.05) is 0 Å². The molecule has 1 aliphatic rings. The number of imide groups is 1. The minimum absolute atomic E-state index is 0.140. The van der Waals surface area contributed by atoms with E-state index in [9.17, 15) is 14.7 Å². The maximum atomic E-state index is 11.4. The zero-order valence-electron chi connectivity index (χ0n) is 8.07. The number of hydrogen-bond donors (Lipinski definition) is 2. The number of nitrogens with one attached hydrogen (secondary N) is 1. The minimum Gasteiger partial charge on any atom is -0.508 e. The first-order valence-electron chi connectivity index (χ1n) is 4.45. The highest BCUT2D eigenvalue weighted by Gasteiger charge is 2.23. The summed E-state index contributed by atoms with van der Waals surface area (Å²) >= 11 is 0. The zero-order chi connectivity index (χ0) is 11.0. The van der Waals surface area contributed by atoms with Crippen LogP contribution in [0.15, 0.2) is 24.3 Å². The highest BCUT2D eigenvalue weighted by atomic mass is 16.3. The Morgan fingerprint density at radius 1 is 1.27 bits per heavy atom. The summed E-state index contributed by atoms with van der Waals surface area (Å²) in [5.41, 5.74) is 1.76. The van der Waals surface area contributed by atoms with Gasteiger partial charge in [-0.15, -0.1) is 0 Å². The van der Waals surface area contributed by atoms with E-state index in [0.717, 1.165) is 5.56 Å². The van der Waals surface area contributed by atoms with Crippen LogP contribution in [0.1, 0.15) is 11.1 Å². The molecule has 15 heavy (non-hydrogen) atoms. The van der Waals surface area contributed by atoms with E-state index in [0.29, 0.717) is 11.1 Å². The predicted octanol–water partition coefficient (Wildman–Crippen LogP) is 0.740. The molecule has 2 N–H and O–H groups in total. The maximum absolute atomic E-state index is 11.4. The molecule has 0 unspecified atom stereocenters. The van der Waals surface area contributed by atoms with Crippen molar-refractivity contribution in [2.45, 2.75) is 6.92 Å². The largest absolute Gasteiger partial charge is 0.508 e. The van der Waals surface area contributed by atoms with E-state index in [-0.39, 0.29) is 5.75 Å². The van der Waals surface area contributed by atoms with Crippen molar-refractivity contribution in [2.24, 2.45) is 0 Å². The van der Waals surface area contributed by atoms with Gasteiger partial charge in [0.05, 0.1) is 5.57 Å². The molecule has 1 aliphatic heterocycles. The first-order valence-corrected chi connectivity index (χ1v) is 4.45. The van der Waals surface area contributed by atoms with Crippen molar-refractivity contribution in [3.63, 3.8) is 0 Å². The molecule has 76 valence electrons. The number of hydrogen-bond acceptors (Lipinski definition) is 3. The third-order valence-electron chi connectivity index (χ3n) is 2.26. The Kier molecular flexibility index (Phi) is 2.04. The lowest BCUT2D eigenvalue weighted by molar-refractivity contribution is -0.123. The van der Waals surface area contributed by atoms with E-state index in [2.05, 4.69) is 5.32 Å². The Bertz CT molecular complexity index is 489. The standard InChI is InChI=1S/C11H9NO3/c1-6-4-7(13)2-3-8(6)9-5-10(14)12-11(9)15/h2-5,13H,1H3,(H,12,14,15). The summed E-state index contributed by atoms with van der Waals surface area (Å²) in [6.07, 6.45) is 1.27. The number of carbonyl (C=O) groups excluding carboxylic acids is 2. The van der Waals surface area contributed by atoms with Crippen LogP contribution in [0.2, 0.25) is 0 Å². The molecule has 2 rings (SSSR count). The molecule has 1 aromatic rings. The third kappa shape index (κ3) is 1.61. The van der Waals surface area contributed by atoms with Crippen molar-refractivity contribution in [1.29, 1.82) is 0 Å². The number of carbonyl (C=O) groups is 2. The molecule has 0 aromatic heterocycles. The van der Waals surface area contributed by atoms with Gasteiger partial charge in [-0.3, -0.25) is 14.9 Å². The maximum Gasteiger partial charge on any atom is 0.258 e. The van der Waals surface area contributed by atoms with Gasteiger partial charge in [-0.25, -0.2) is 0 Å². The number of amides is 2. The number of phenols is 1. The third-order valence-corrected chi connectivity index (χ3v) is 2.26. The molecule has 0 spiro atoms. The topological polar surface area (TPSA) is 66.4 Å². The molecule has 1 heterocycles. The van der Waals surface area contributed by atoms with Gasteiger partial charge in [-0.2, -0.15) is 0 Å². The molecule has 0 saturated heterocycles. The fourth-order valence-electron chi connectivity index (χ4n) is 1.56. The Hall–Kier alpha value is -2.10. The molecule has 0 radical (unpaired) electrons. The summed E-state index contributed by atoms with van der Waals surface area (Å²) in [4.78, 5) is 22.3. The fourth-order valence-corrected chi connectivity index (χ4v) is 1.56. The van der Waals surface area contributed by atoms with Crippen LogP contribution >= 0.6 is 0 Å². The van der Waals surface area contributed by atoms with Gasteiger partial charge in [0.25, 0.3) is 11.8 Å². The quantitative estimate of drug-likeness (QED) is 0.661. The molecule has 0 fully saturated rings. The molecule has 1 aromatic carbocycles. The average Bonchev–Trinajstić information content (AvgIpc) is 2.45. The van der Waals surface area contributed by atoms with E-state index >= 15 is 0 Å². The number of aromatic hydroxyl groups is 1. The predicted molar refractivity (Wildman–Crippen MR) is 54.0 cm³/mol. The second kappa shape index (κ2) is 3.24. The summed E-state index contributed by atoms with van der Waals surface area (Å²) in [5.74, 6) is -0.655. The van der Waals surface area contributed by atoms with Crippen LogP contribution in [0.3, 0.4) is 0 Å². The summed E-state index contributed by atoms with van der Waals surface area (Å²) in [6, 6.07) is 4.65. The van der Waals surface area contributed by atoms with Crippen LogP contribution in [0, 0.1) is 6.92 Å². The van der Waals surface area contributed by atoms with Gasteiger partial charge in [0.15, 0.2) is 0 Å². The lowest BCUT2D eigenvalue weighted by atomic mass is 10.0. The average molecular weight is 203 g/mol. The molecule has 4 heteroatoms. The van der Waals surface area contributed by atoms with Crippen LogP contribution in [0.5, 0.6) is 5.75 Å². The second-order valence-electron chi connectivity index (χ2n) is 3.38. The first-order chi connectivity index (χ1) is 7.08.